The Kier molecular flexibility index (Phi) is 7.94. The van der Waals surface area contributed by atoms with Crippen LogP contribution in [0.1, 0.15) is 45.2 Å². The molecule has 0 spiro atoms. The smallest absolute Gasteiger partial charge is 0.0666 e. The molecule has 0 saturated heterocycles. The highest BCUT2D eigenvalue weighted by Crippen LogP contribution is 2.25. The van der Waals surface area contributed by atoms with Gasteiger partial charge in [-0.3, -0.25) is 0 Å². The van der Waals surface area contributed by atoms with Crippen LogP contribution in [0.5, 0.6) is 0 Å². The minimum absolute atomic E-state index is 0.132. The molecule has 0 aliphatic rings. The van der Waals surface area contributed by atoms with Crippen LogP contribution in [0.15, 0.2) is 24.3 Å². The average molecular weight is 292 g/mol. The number of aryl methyl sites for hydroxylation is 1. The number of hydrogen-bond acceptors (Lipinski definition) is 3. The third kappa shape index (κ3) is 4.80. The molecule has 1 atom stereocenters. The molecule has 3 heteroatoms. The topological polar surface area (TPSA) is 35.5 Å². The Bertz CT molecular complexity index is 381. The lowest BCUT2D eigenvalue weighted by atomic mass is 9.87. The van der Waals surface area contributed by atoms with E-state index in [2.05, 4.69) is 62.2 Å². The van der Waals surface area contributed by atoms with Gasteiger partial charge in [0.15, 0.2) is 0 Å². The van der Waals surface area contributed by atoms with Crippen molar-refractivity contribution in [3.05, 3.63) is 35.4 Å². The van der Waals surface area contributed by atoms with Crippen molar-refractivity contribution in [1.29, 1.82) is 0 Å². The quantitative estimate of drug-likeness (QED) is 0.696. The predicted molar refractivity (Wildman–Crippen MR) is 90.7 cm³/mol. The zero-order valence-corrected chi connectivity index (χ0v) is 14.2. The second-order valence-corrected chi connectivity index (χ2v) is 5.60. The standard InChI is InChI=1S/C18H32N2O/c1-5-16-9-11-17(12-10-16)18(6-2,15-21)19-13-14-20(7-3)8-4/h9-12,19,21H,5-8,13-15H2,1-4H3. The number of nitrogens with one attached hydrogen (secondary N) is 1. The van der Waals surface area contributed by atoms with Gasteiger partial charge in [-0.15, -0.1) is 0 Å². The van der Waals surface area contributed by atoms with Crippen molar-refractivity contribution in [3.63, 3.8) is 0 Å². The lowest BCUT2D eigenvalue weighted by Crippen LogP contribution is -2.48. The fraction of sp³-hybridized carbons (Fsp3) is 0.667. The van der Waals surface area contributed by atoms with E-state index in [-0.39, 0.29) is 12.1 Å². The number of rotatable bonds is 10. The van der Waals surface area contributed by atoms with Crippen molar-refractivity contribution in [1.82, 2.24) is 10.2 Å². The van der Waals surface area contributed by atoms with Crippen LogP contribution in [0.25, 0.3) is 0 Å². The van der Waals surface area contributed by atoms with Gasteiger partial charge in [-0.1, -0.05) is 52.0 Å². The molecule has 2 N–H and O–H groups in total. The van der Waals surface area contributed by atoms with Gasteiger partial charge in [0.1, 0.15) is 0 Å². The van der Waals surface area contributed by atoms with Crippen molar-refractivity contribution in [2.75, 3.05) is 32.8 Å². The molecule has 1 aromatic rings. The van der Waals surface area contributed by atoms with Gasteiger partial charge >= 0.3 is 0 Å². The molecule has 21 heavy (non-hydrogen) atoms. The predicted octanol–water partition coefficient (Wildman–Crippen LogP) is 2.78. The third-order valence-corrected chi connectivity index (χ3v) is 4.57. The molecule has 0 bridgehead atoms. The zero-order chi connectivity index (χ0) is 15.7. The minimum atomic E-state index is -0.320. The molecule has 120 valence electrons. The first-order valence-corrected chi connectivity index (χ1v) is 8.33. The molecule has 1 unspecified atom stereocenters. The molecule has 0 aromatic heterocycles. The van der Waals surface area contributed by atoms with Crippen molar-refractivity contribution < 1.29 is 5.11 Å². The summed E-state index contributed by atoms with van der Waals surface area (Å²) < 4.78 is 0. The third-order valence-electron chi connectivity index (χ3n) is 4.57. The van der Waals surface area contributed by atoms with Crippen LogP contribution in [0.4, 0.5) is 0 Å². The first kappa shape index (κ1) is 18.1. The van der Waals surface area contributed by atoms with Crippen LogP contribution >= 0.6 is 0 Å². The Morgan fingerprint density at radius 1 is 1.05 bits per heavy atom. The normalized spacial score (nSPS) is 14.4. The van der Waals surface area contributed by atoms with E-state index in [0.717, 1.165) is 39.0 Å². The molecule has 0 aliphatic carbocycles. The Morgan fingerprint density at radius 2 is 1.67 bits per heavy atom. The number of aliphatic hydroxyl groups is 1. The lowest BCUT2D eigenvalue weighted by Gasteiger charge is -2.34. The van der Waals surface area contributed by atoms with Crippen molar-refractivity contribution >= 4 is 0 Å². The highest BCUT2D eigenvalue weighted by atomic mass is 16.3. The van der Waals surface area contributed by atoms with Crippen LogP contribution in [-0.4, -0.2) is 42.8 Å². The van der Waals surface area contributed by atoms with Crippen LogP contribution < -0.4 is 5.32 Å². The van der Waals surface area contributed by atoms with E-state index in [9.17, 15) is 5.11 Å². The molecule has 0 heterocycles. The van der Waals surface area contributed by atoms with E-state index < -0.39 is 0 Å². The van der Waals surface area contributed by atoms with Gasteiger partial charge in [0.25, 0.3) is 0 Å². The highest BCUT2D eigenvalue weighted by Gasteiger charge is 2.28. The van der Waals surface area contributed by atoms with Crippen LogP contribution in [-0.2, 0) is 12.0 Å². The summed E-state index contributed by atoms with van der Waals surface area (Å²) in [5, 5.41) is 13.6. The van der Waals surface area contributed by atoms with Gasteiger partial charge in [-0.05, 0) is 37.1 Å². The second-order valence-electron chi connectivity index (χ2n) is 5.60. The minimum Gasteiger partial charge on any atom is -0.394 e. The Balaban J connectivity index is 2.76. The van der Waals surface area contributed by atoms with E-state index in [1.807, 2.05) is 0 Å². The summed E-state index contributed by atoms with van der Waals surface area (Å²) >= 11 is 0. The van der Waals surface area contributed by atoms with Crippen LogP contribution in [0, 0.1) is 0 Å². The van der Waals surface area contributed by atoms with E-state index in [0.29, 0.717) is 0 Å². The lowest BCUT2D eigenvalue weighted by molar-refractivity contribution is 0.150. The first-order chi connectivity index (χ1) is 10.2. The summed E-state index contributed by atoms with van der Waals surface area (Å²) in [6.07, 6.45) is 1.93. The summed E-state index contributed by atoms with van der Waals surface area (Å²) in [6.45, 7) is 12.9. The van der Waals surface area contributed by atoms with Gasteiger partial charge in [0, 0.05) is 13.1 Å². The van der Waals surface area contributed by atoms with Gasteiger partial charge < -0.3 is 15.3 Å². The summed E-state index contributed by atoms with van der Waals surface area (Å²) in [7, 11) is 0. The highest BCUT2D eigenvalue weighted by molar-refractivity contribution is 5.29. The monoisotopic (exact) mass is 292 g/mol. The number of likely N-dealkylation sites (N-methyl/N-ethyl adjacent to an activating group) is 1. The van der Waals surface area contributed by atoms with Gasteiger partial charge in [-0.2, -0.15) is 0 Å². The van der Waals surface area contributed by atoms with E-state index >= 15 is 0 Å². The maximum absolute atomic E-state index is 9.96. The molecule has 1 aromatic carbocycles. The SMILES string of the molecule is CCc1ccc(C(CC)(CO)NCCN(CC)CC)cc1. The first-order valence-electron chi connectivity index (χ1n) is 8.33. The van der Waals surface area contributed by atoms with E-state index in [1.165, 1.54) is 11.1 Å². The molecule has 1 rings (SSSR count). The number of aliphatic hydroxyl groups excluding tert-OH is 1. The Hall–Kier alpha value is -0.900. The van der Waals surface area contributed by atoms with E-state index in [4.69, 9.17) is 0 Å². The molecular formula is C18H32N2O. The number of benzene rings is 1. The summed E-state index contributed by atoms with van der Waals surface area (Å²) in [5.74, 6) is 0. The molecular weight excluding hydrogens is 260 g/mol. The average Bonchev–Trinajstić information content (AvgIpc) is 2.56. The Morgan fingerprint density at radius 3 is 2.10 bits per heavy atom. The van der Waals surface area contributed by atoms with Gasteiger partial charge in [0.2, 0.25) is 0 Å². The second kappa shape index (κ2) is 9.19. The maximum atomic E-state index is 9.96. The van der Waals surface area contributed by atoms with Gasteiger partial charge in [0.05, 0.1) is 12.1 Å². The molecule has 0 fully saturated rings. The summed E-state index contributed by atoms with van der Waals surface area (Å²) in [6, 6.07) is 8.65. The molecule has 3 nitrogen and oxygen atoms in total. The molecule has 0 radical (unpaired) electrons. The largest absolute Gasteiger partial charge is 0.394 e. The van der Waals surface area contributed by atoms with Crippen molar-refractivity contribution in [2.24, 2.45) is 0 Å². The molecule has 0 saturated carbocycles. The van der Waals surface area contributed by atoms with E-state index in [1.54, 1.807) is 0 Å². The van der Waals surface area contributed by atoms with Crippen molar-refractivity contribution in [2.45, 2.75) is 46.1 Å². The fourth-order valence-electron chi connectivity index (χ4n) is 2.74. The van der Waals surface area contributed by atoms with Crippen LogP contribution in [0.2, 0.25) is 0 Å². The molecule has 0 aliphatic heterocycles. The number of hydrogen-bond donors (Lipinski definition) is 2. The van der Waals surface area contributed by atoms with Crippen LogP contribution in [0.3, 0.4) is 0 Å². The van der Waals surface area contributed by atoms with Crippen molar-refractivity contribution in [3.8, 4) is 0 Å². The molecule has 0 amide bonds. The van der Waals surface area contributed by atoms with Gasteiger partial charge in [-0.25, -0.2) is 0 Å². The Labute approximate surface area is 130 Å². The fourth-order valence-corrected chi connectivity index (χ4v) is 2.74. The summed E-state index contributed by atoms with van der Waals surface area (Å²) in [5.41, 5.74) is 2.20. The zero-order valence-electron chi connectivity index (χ0n) is 14.2. The maximum Gasteiger partial charge on any atom is 0.0666 e. The number of nitrogens with zero attached hydrogens (tertiary/aromatic N) is 1. The summed E-state index contributed by atoms with van der Waals surface area (Å²) in [4.78, 5) is 2.39.